The maximum Gasteiger partial charge on any atom is 0.192 e. The van der Waals surface area contributed by atoms with Crippen LogP contribution in [-0.2, 0) is 17.6 Å². The van der Waals surface area contributed by atoms with E-state index in [2.05, 4.69) is 57.2 Å². The Bertz CT molecular complexity index is 712. The van der Waals surface area contributed by atoms with E-state index in [1.165, 1.54) is 18.4 Å². The zero-order chi connectivity index (χ0) is 16.8. The summed E-state index contributed by atoms with van der Waals surface area (Å²) in [5.41, 5.74) is 4.20. The highest BCUT2D eigenvalue weighted by Crippen LogP contribution is 2.41. The van der Waals surface area contributed by atoms with Gasteiger partial charge in [0.1, 0.15) is 0 Å². The van der Waals surface area contributed by atoms with E-state index >= 15 is 0 Å². The molecule has 2 aromatic rings. The molecule has 0 bridgehead atoms. The van der Waals surface area contributed by atoms with E-state index in [0.717, 1.165) is 16.9 Å². The molecule has 4 nitrogen and oxygen atoms in total. The summed E-state index contributed by atoms with van der Waals surface area (Å²) in [5.74, 6) is 0.673. The van der Waals surface area contributed by atoms with Crippen LogP contribution in [0.4, 0.5) is 0 Å². The van der Waals surface area contributed by atoms with Gasteiger partial charge in [-0.05, 0) is 60.7 Å². The quantitative estimate of drug-likeness (QED) is 0.834. The predicted molar refractivity (Wildman–Crippen MR) is 95.1 cm³/mol. The second kappa shape index (κ2) is 5.72. The SMILES string of the molecule is CC(C)(C)[Si](C)(C)OCc1cc2cc(C3CC3)cc(CO)n2n1. The Kier molecular flexibility index (Phi) is 4.15. The van der Waals surface area contributed by atoms with Crippen molar-refractivity contribution in [2.45, 2.75) is 70.9 Å². The lowest BCUT2D eigenvalue weighted by Crippen LogP contribution is -2.40. The Labute approximate surface area is 139 Å². The summed E-state index contributed by atoms with van der Waals surface area (Å²) < 4.78 is 8.13. The van der Waals surface area contributed by atoms with Crippen LogP contribution in [0.1, 0.15) is 56.5 Å². The van der Waals surface area contributed by atoms with Crippen molar-refractivity contribution < 1.29 is 9.53 Å². The average Bonchev–Trinajstić information content (AvgIpc) is 3.23. The van der Waals surface area contributed by atoms with E-state index in [9.17, 15) is 5.11 Å². The molecule has 1 saturated carbocycles. The molecule has 126 valence electrons. The van der Waals surface area contributed by atoms with Crippen LogP contribution in [0.25, 0.3) is 5.52 Å². The molecule has 3 rings (SSSR count). The van der Waals surface area contributed by atoms with E-state index in [4.69, 9.17) is 4.43 Å². The maximum atomic E-state index is 9.65. The van der Waals surface area contributed by atoms with Crippen LogP contribution in [-0.4, -0.2) is 23.0 Å². The minimum atomic E-state index is -1.78. The van der Waals surface area contributed by atoms with E-state index in [1.54, 1.807) is 0 Å². The zero-order valence-corrected chi connectivity index (χ0v) is 15.9. The van der Waals surface area contributed by atoms with Gasteiger partial charge in [0, 0.05) is 0 Å². The number of aromatic nitrogens is 2. The van der Waals surface area contributed by atoms with Gasteiger partial charge in [0.25, 0.3) is 0 Å². The normalized spacial score (nSPS) is 16.3. The first-order valence-corrected chi connectivity index (χ1v) is 11.4. The number of aliphatic hydroxyl groups excluding tert-OH is 1. The summed E-state index contributed by atoms with van der Waals surface area (Å²) >= 11 is 0. The molecule has 0 saturated heterocycles. The molecule has 1 fully saturated rings. The fraction of sp³-hybridized carbons (Fsp3) is 0.611. The number of hydrogen-bond donors (Lipinski definition) is 1. The maximum absolute atomic E-state index is 9.65. The van der Waals surface area contributed by atoms with Crippen LogP contribution in [0.3, 0.4) is 0 Å². The van der Waals surface area contributed by atoms with Gasteiger partial charge in [0.2, 0.25) is 0 Å². The summed E-state index contributed by atoms with van der Waals surface area (Å²) in [4.78, 5) is 0. The van der Waals surface area contributed by atoms with E-state index < -0.39 is 8.32 Å². The van der Waals surface area contributed by atoms with Gasteiger partial charge >= 0.3 is 0 Å². The molecular formula is C18H28N2O2Si. The Morgan fingerprint density at radius 2 is 1.96 bits per heavy atom. The largest absolute Gasteiger partial charge is 0.411 e. The second-order valence-corrected chi connectivity index (χ2v) is 13.0. The Morgan fingerprint density at radius 3 is 2.52 bits per heavy atom. The summed E-state index contributed by atoms with van der Waals surface area (Å²) in [6.07, 6.45) is 2.52. The van der Waals surface area contributed by atoms with Crippen molar-refractivity contribution in [3.8, 4) is 0 Å². The minimum Gasteiger partial charge on any atom is -0.411 e. The second-order valence-electron chi connectivity index (χ2n) is 8.23. The van der Waals surface area contributed by atoms with Gasteiger partial charge in [-0.15, -0.1) is 0 Å². The standard InChI is InChI=1S/C18H28N2O2Si/c1-18(2,3)23(4,5)22-12-15-10-16-8-14(13-6-7-13)9-17(11-21)20(16)19-15/h8-10,13,21H,6-7,11-12H2,1-5H3. The van der Waals surface area contributed by atoms with Crippen LogP contribution in [0.5, 0.6) is 0 Å². The van der Waals surface area contributed by atoms with Crippen LogP contribution in [0.15, 0.2) is 18.2 Å². The highest BCUT2D eigenvalue weighted by atomic mass is 28.4. The van der Waals surface area contributed by atoms with Crippen molar-refractivity contribution in [2.75, 3.05) is 0 Å². The Hall–Kier alpha value is -1.17. The highest BCUT2D eigenvalue weighted by molar-refractivity contribution is 6.74. The molecule has 1 N–H and O–H groups in total. The molecule has 2 aromatic heterocycles. The lowest BCUT2D eigenvalue weighted by molar-refractivity contribution is 0.267. The van der Waals surface area contributed by atoms with Crippen molar-refractivity contribution in [3.63, 3.8) is 0 Å². The fourth-order valence-electron chi connectivity index (χ4n) is 2.55. The fourth-order valence-corrected chi connectivity index (χ4v) is 3.49. The van der Waals surface area contributed by atoms with Crippen molar-refractivity contribution in [3.05, 3.63) is 35.2 Å². The van der Waals surface area contributed by atoms with Gasteiger partial charge in [-0.2, -0.15) is 5.10 Å². The van der Waals surface area contributed by atoms with Crippen molar-refractivity contribution in [2.24, 2.45) is 0 Å². The van der Waals surface area contributed by atoms with E-state index in [1.807, 2.05) is 4.52 Å². The van der Waals surface area contributed by atoms with Crippen LogP contribution < -0.4 is 0 Å². The van der Waals surface area contributed by atoms with Gasteiger partial charge < -0.3 is 9.53 Å². The highest BCUT2D eigenvalue weighted by Gasteiger charge is 2.37. The molecule has 0 aromatic carbocycles. The van der Waals surface area contributed by atoms with Crippen LogP contribution >= 0.6 is 0 Å². The lowest BCUT2D eigenvalue weighted by atomic mass is 10.1. The van der Waals surface area contributed by atoms with E-state index in [0.29, 0.717) is 12.5 Å². The van der Waals surface area contributed by atoms with Gasteiger partial charge in [-0.1, -0.05) is 20.8 Å². The number of nitrogens with zero attached hydrogens (tertiary/aromatic N) is 2. The molecule has 0 atom stereocenters. The molecule has 0 unspecified atom stereocenters. The van der Waals surface area contributed by atoms with Crippen LogP contribution in [0.2, 0.25) is 18.1 Å². The molecule has 2 heterocycles. The van der Waals surface area contributed by atoms with Crippen LogP contribution in [0, 0.1) is 0 Å². The summed E-state index contributed by atoms with van der Waals surface area (Å²) in [7, 11) is -1.78. The first kappa shape index (κ1) is 16.7. The third-order valence-corrected chi connectivity index (χ3v) is 9.78. The zero-order valence-electron chi connectivity index (χ0n) is 14.9. The number of aliphatic hydroxyl groups is 1. The summed E-state index contributed by atoms with van der Waals surface area (Å²) in [5, 5.41) is 14.5. The Morgan fingerprint density at radius 1 is 1.26 bits per heavy atom. The summed E-state index contributed by atoms with van der Waals surface area (Å²) in [6.45, 7) is 11.8. The van der Waals surface area contributed by atoms with Crippen molar-refractivity contribution >= 4 is 13.8 Å². The molecule has 0 aliphatic heterocycles. The van der Waals surface area contributed by atoms with E-state index in [-0.39, 0.29) is 11.6 Å². The van der Waals surface area contributed by atoms with Gasteiger partial charge in [0.15, 0.2) is 8.32 Å². The smallest absolute Gasteiger partial charge is 0.192 e. The monoisotopic (exact) mass is 332 g/mol. The molecule has 23 heavy (non-hydrogen) atoms. The molecule has 5 heteroatoms. The van der Waals surface area contributed by atoms with Gasteiger partial charge in [-0.3, -0.25) is 0 Å². The lowest BCUT2D eigenvalue weighted by Gasteiger charge is -2.35. The molecule has 1 aliphatic rings. The van der Waals surface area contributed by atoms with Gasteiger partial charge in [0.05, 0.1) is 30.1 Å². The van der Waals surface area contributed by atoms with Crippen molar-refractivity contribution in [1.82, 2.24) is 9.61 Å². The molecule has 0 radical (unpaired) electrons. The summed E-state index contributed by atoms with van der Waals surface area (Å²) in [6, 6.07) is 6.40. The minimum absolute atomic E-state index is 0.0152. The number of hydrogen-bond acceptors (Lipinski definition) is 3. The molecule has 0 spiro atoms. The number of fused-ring (bicyclic) bond motifs is 1. The molecule has 1 aliphatic carbocycles. The Balaban J connectivity index is 1.85. The number of pyridine rings is 1. The number of rotatable bonds is 5. The third kappa shape index (κ3) is 3.37. The molecule has 0 amide bonds. The van der Waals surface area contributed by atoms with Crippen molar-refractivity contribution in [1.29, 1.82) is 0 Å². The topological polar surface area (TPSA) is 46.8 Å². The first-order chi connectivity index (χ1) is 10.7. The third-order valence-electron chi connectivity index (χ3n) is 5.31. The molecular weight excluding hydrogens is 304 g/mol. The van der Waals surface area contributed by atoms with Gasteiger partial charge in [-0.25, -0.2) is 4.52 Å². The predicted octanol–water partition coefficient (Wildman–Crippen LogP) is 4.23. The first-order valence-electron chi connectivity index (χ1n) is 8.47. The average molecular weight is 333 g/mol.